The van der Waals surface area contributed by atoms with Gasteiger partial charge in [0.1, 0.15) is 6.61 Å². The van der Waals surface area contributed by atoms with Crippen LogP contribution in [0.3, 0.4) is 0 Å². The van der Waals surface area contributed by atoms with E-state index in [0.717, 1.165) is 24.8 Å². The molecule has 0 fully saturated rings. The molecule has 4 nitrogen and oxygen atoms in total. The van der Waals surface area contributed by atoms with Crippen molar-refractivity contribution >= 4 is 11.8 Å². The lowest BCUT2D eigenvalue weighted by Gasteiger charge is -2.50. The Balaban J connectivity index is 1.35. The highest BCUT2D eigenvalue weighted by Gasteiger charge is 2.41. The molecule has 0 aromatic heterocycles. The molecular formula is C32H30N2O2. The average molecular weight is 475 g/mol. The fourth-order valence-electron chi connectivity index (χ4n) is 5.85. The zero-order chi connectivity index (χ0) is 24.3. The zero-order valence-electron chi connectivity index (χ0n) is 20.2. The number of carbonyl (C=O) groups excluding carboxylic acids is 1. The predicted octanol–water partition coefficient (Wildman–Crippen LogP) is 7.29. The first-order valence-corrected chi connectivity index (χ1v) is 12.7. The van der Waals surface area contributed by atoms with Crippen LogP contribution in [0, 0.1) is 0 Å². The lowest BCUT2D eigenvalue weighted by molar-refractivity contribution is 0.134. The molecule has 0 saturated heterocycles. The summed E-state index contributed by atoms with van der Waals surface area (Å²) in [5.74, 6) is 0. The van der Waals surface area contributed by atoms with Crippen LogP contribution in [0.2, 0.25) is 0 Å². The van der Waals surface area contributed by atoms with E-state index in [0.29, 0.717) is 0 Å². The van der Waals surface area contributed by atoms with E-state index in [4.69, 9.17) is 4.74 Å². The first kappa shape index (κ1) is 22.4. The highest BCUT2D eigenvalue weighted by Crippen LogP contribution is 2.52. The maximum absolute atomic E-state index is 12.9. The molecule has 0 aliphatic carbocycles. The van der Waals surface area contributed by atoms with Crippen LogP contribution in [0.1, 0.15) is 58.8 Å². The summed E-state index contributed by atoms with van der Waals surface area (Å²) in [4.78, 5) is 15.5. The zero-order valence-corrected chi connectivity index (χ0v) is 20.2. The van der Waals surface area contributed by atoms with Gasteiger partial charge in [-0.05, 0) is 47.1 Å². The molecule has 0 saturated carbocycles. The minimum Gasteiger partial charge on any atom is -0.445 e. The molecule has 0 unspecified atom stereocenters. The van der Waals surface area contributed by atoms with Crippen molar-refractivity contribution in [2.45, 2.75) is 44.0 Å². The number of nitrogens with zero attached hydrogens (tertiary/aromatic N) is 1. The largest absolute Gasteiger partial charge is 0.445 e. The third-order valence-electron chi connectivity index (χ3n) is 7.48. The van der Waals surface area contributed by atoms with E-state index in [1.54, 1.807) is 0 Å². The summed E-state index contributed by atoms with van der Waals surface area (Å²) in [7, 11) is 0. The number of para-hydroxylation sites is 1. The van der Waals surface area contributed by atoms with Gasteiger partial charge in [-0.2, -0.15) is 0 Å². The molecule has 4 aromatic rings. The lowest BCUT2D eigenvalue weighted by atomic mass is 9.79. The van der Waals surface area contributed by atoms with Crippen LogP contribution in [0.15, 0.2) is 109 Å². The fourth-order valence-corrected chi connectivity index (χ4v) is 5.85. The second-order valence-electron chi connectivity index (χ2n) is 9.65. The summed E-state index contributed by atoms with van der Waals surface area (Å²) in [5.41, 5.74) is 7.39. The summed E-state index contributed by atoms with van der Waals surface area (Å²) >= 11 is 0. The average Bonchev–Trinajstić information content (AvgIpc) is 2.95. The highest BCUT2D eigenvalue weighted by molar-refractivity contribution is 5.72. The van der Waals surface area contributed by atoms with Gasteiger partial charge in [0.2, 0.25) is 0 Å². The Kier molecular flexibility index (Phi) is 6.17. The molecule has 1 N–H and O–H groups in total. The summed E-state index contributed by atoms with van der Waals surface area (Å²) in [5, 5.41) is 3.21. The van der Waals surface area contributed by atoms with Crippen molar-refractivity contribution in [3.8, 4) is 0 Å². The number of amides is 1. The van der Waals surface area contributed by atoms with Crippen LogP contribution in [-0.2, 0) is 17.8 Å². The Bertz CT molecular complexity index is 1320. The Morgan fingerprint density at radius 1 is 0.778 bits per heavy atom. The van der Waals surface area contributed by atoms with Gasteiger partial charge in [-0.1, -0.05) is 109 Å². The fraction of sp³-hybridized carbons (Fsp3) is 0.219. The number of aryl methyl sites for hydroxylation is 1. The molecule has 36 heavy (non-hydrogen) atoms. The number of hydrogen-bond donors (Lipinski definition) is 1. The van der Waals surface area contributed by atoms with E-state index >= 15 is 0 Å². The number of alkyl carbamates (subject to hydrolysis) is 1. The molecule has 2 aliphatic rings. The van der Waals surface area contributed by atoms with E-state index < -0.39 is 0 Å². The second kappa shape index (κ2) is 9.90. The van der Waals surface area contributed by atoms with Crippen molar-refractivity contribution in [1.82, 2.24) is 5.32 Å². The van der Waals surface area contributed by atoms with Crippen LogP contribution in [0.4, 0.5) is 10.5 Å². The molecule has 1 amide bonds. The molecule has 6 rings (SSSR count). The van der Waals surface area contributed by atoms with Gasteiger partial charge in [0.05, 0.1) is 18.1 Å². The normalized spacial score (nSPS) is 20.3. The number of ether oxygens (including phenoxy) is 1. The third-order valence-corrected chi connectivity index (χ3v) is 7.48. The smallest absolute Gasteiger partial charge is 0.407 e. The van der Waals surface area contributed by atoms with Gasteiger partial charge in [-0.15, -0.1) is 0 Å². The molecule has 3 atom stereocenters. The van der Waals surface area contributed by atoms with Crippen LogP contribution in [-0.4, -0.2) is 6.09 Å². The standard InChI is InChI=1S/C32H30N2O2/c35-32(36-22-23-11-4-1-5-12-23)33-28-21-30(25-15-8-3-9-16-25)34-29(24-13-6-2-7-14-24)20-19-26-17-10-18-27(28)31(26)34/h1-18,28-30H,19-22H2,(H,33,35)/t28-,29-,30-/m0/s1. The third kappa shape index (κ3) is 4.35. The first-order chi connectivity index (χ1) is 17.8. The van der Waals surface area contributed by atoms with Crippen molar-refractivity contribution < 1.29 is 9.53 Å². The Labute approximate surface area is 212 Å². The molecule has 4 aromatic carbocycles. The Hall–Kier alpha value is -4.05. The van der Waals surface area contributed by atoms with Crippen LogP contribution in [0.25, 0.3) is 0 Å². The maximum Gasteiger partial charge on any atom is 0.407 e. The number of nitrogens with one attached hydrogen (secondary N) is 1. The second-order valence-corrected chi connectivity index (χ2v) is 9.65. The molecule has 0 spiro atoms. The maximum atomic E-state index is 12.9. The van der Waals surface area contributed by atoms with Gasteiger partial charge >= 0.3 is 6.09 Å². The Morgan fingerprint density at radius 3 is 2.11 bits per heavy atom. The van der Waals surface area contributed by atoms with Crippen LogP contribution < -0.4 is 10.2 Å². The predicted molar refractivity (Wildman–Crippen MR) is 143 cm³/mol. The quantitative estimate of drug-likeness (QED) is 0.330. The number of carbonyl (C=O) groups is 1. The van der Waals surface area contributed by atoms with E-state index in [1.165, 1.54) is 27.9 Å². The van der Waals surface area contributed by atoms with E-state index in [1.807, 2.05) is 30.3 Å². The minimum absolute atomic E-state index is 0.126. The summed E-state index contributed by atoms with van der Waals surface area (Å²) in [6.45, 7) is 0.261. The molecular weight excluding hydrogens is 444 g/mol. The summed E-state index contributed by atoms with van der Waals surface area (Å²) in [6, 6.07) is 38.2. The molecule has 180 valence electrons. The molecule has 0 bridgehead atoms. The minimum atomic E-state index is -0.378. The lowest BCUT2D eigenvalue weighted by Crippen LogP contribution is -2.44. The number of benzene rings is 4. The van der Waals surface area contributed by atoms with Gasteiger partial charge in [-0.25, -0.2) is 4.79 Å². The Morgan fingerprint density at radius 2 is 1.42 bits per heavy atom. The van der Waals surface area contributed by atoms with Crippen molar-refractivity contribution in [2.24, 2.45) is 0 Å². The van der Waals surface area contributed by atoms with Gasteiger partial charge in [0.15, 0.2) is 0 Å². The van der Waals surface area contributed by atoms with Crippen molar-refractivity contribution in [1.29, 1.82) is 0 Å². The summed E-state index contributed by atoms with van der Waals surface area (Å²) < 4.78 is 5.61. The SMILES string of the molecule is O=C(N[C@H]1C[C@@H](c2ccccc2)N2c3c(cccc31)CC[C@H]2c1ccccc1)OCc1ccccc1. The monoisotopic (exact) mass is 474 g/mol. The molecule has 0 radical (unpaired) electrons. The molecule has 4 heteroatoms. The number of anilines is 1. The van der Waals surface area contributed by atoms with Crippen molar-refractivity contribution in [3.63, 3.8) is 0 Å². The van der Waals surface area contributed by atoms with Crippen molar-refractivity contribution in [2.75, 3.05) is 4.90 Å². The van der Waals surface area contributed by atoms with Gasteiger partial charge in [-0.3, -0.25) is 0 Å². The van der Waals surface area contributed by atoms with Crippen molar-refractivity contribution in [3.05, 3.63) is 137 Å². The highest BCUT2D eigenvalue weighted by atomic mass is 16.5. The first-order valence-electron chi connectivity index (χ1n) is 12.7. The molecule has 2 heterocycles. The number of hydrogen-bond acceptors (Lipinski definition) is 3. The van der Waals surface area contributed by atoms with Crippen LogP contribution >= 0.6 is 0 Å². The van der Waals surface area contributed by atoms with E-state index in [-0.39, 0.29) is 30.8 Å². The molecule has 2 aliphatic heterocycles. The van der Waals surface area contributed by atoms with Gasteiger partial charge in [0.25, 0.3) is 0 Å². The number of rotatable bonds is 5. The summed E-state index contributed by atoms with van der Waals surface area (Å²) in [6.07, 6.45) is 2.49. The van der Waals surface area contributed by atoms with E-state index in [9.17, 15) is 4.79 Å². The topological polar surface area (TPSA) is 41.6 Å². The van der Waals surface area contributed by atoms with Crippen LogP contribution in [0.5, 0.6) is 0 Å². The van der Waals surface area contributed by atoms with Gasteiger partial charge in [0, 0.05) is 5.69 Å². The van der Waals surface area contributed by atoms with E-state index in [2.05, 4.69) is 89.1 Å². The van der Waals surface area contributed by atoms with Gasteiger partial charge < -0.3 is 15.0 Å².